The van der Waals surface area contributed by atoms with Crippen LogP contribution in [-0.2, 0) is 31.1 Å². The van der Waals surface area contributed by atoms with Gasteiger partial charge < -0.3 is 5.32 Å². The number of amides is 3. The summed E-state index contributed by atoms with van der Waals surface area (Å²) in [7, 11) is -9.15. The number of aromatic nitrogens is 1. The number of halogens is 3. The predicted molar refractivity (Wildman–Crippen MR) is 113 cm³/mol. The first-order valence-corrected chi connectivity index (χ1v) is 13.0. The standard InChI is InChI=1S/C19H17F3N4O6S2/c1-33(29,30)25-15-10-23-7-6-11(15)8-12-9-18(12)16(27)26(17(28)24-18)13-2-4-14(5-3-13)34(31,32)19(20,21)22/h2-7,10,12,25H,8-9H2,1H3,(H,24,28). The van der Waals surface area contributed by atoms with Gasteiger partial charge in [0.15, 0.2) is 0 Å². The zero-order valence-corrected chi connectivity index (χ0v) is 19.0. The fourth-order valence-corrected chi connectivity index (χ4v) is 5.23. The average molecular weight is 518 g/mol. The average Bonchev–Trinajstić information content (AvgIpc) is 3.34. The highest BCUT2D eigenvalue weighted by molar-refractivity contribution is 7.92. The minimum absolute atomic E-state index is 0.0884. The number of carbonyl (C=O) groups is 2. The van der Waals surface area contributed by atoms with Crippen molar-refractivity contribution in [2.75, 3.05) is 15.9 Å². The van der Waals surface area contributed by atoms with E-state index in [2.05, 4.69) is 15.0 Å². The van der Waals surface area contributed by atoms with Gasteiger partial charge in [0, 0.05) is 6.20 Å². The third kappa shape index (κ3) is 4.09. The number of nitrogens with one attached hydrogen (secondary N) is 2. The molecule has 1 aliphatic heterocycles. The zero-order valence-electron chi connectivity index (χ0n) is 17.3. The van der Waals surface area contributed by atoms with Gasteiger partial charge in [0.05, 0.1) is 28.7 Å². The quantitative estimate of drug-likeness (QED) is 0.555. The number of imide groups is 1. The largest absolute Gasteiger partial charge is 0.501 e. The Morgan fingerprint density at radius 3 is 2.38 bits per heavy atom. The van der Waals surface area contributed by atoms with Gasteiger partial charge in [-0.2, -0.15) is 13.2 Å². The Labute approximate surface area is 192 Å². The summed E-state index contributed by atoms with van der Waals surface area (Å²) in [6, 6.07) is 4.02. The van der Waals surface area contributed by atoms with Crippen LogP contribution >= 0.6 is 0 Å². The van der Waals surface area contributed by atoms with Gasteiger partial charge in [0.25, 0.3) is 15.7 Å². The summed E-state index contributed by atoms with van der Waals surface area (Å²) in [5, 5.41) is 2.59. The maximum Gasteiger partial charge on any atom is 0.501 e. The first kappa shape index (κ1) is 23.9. The molecule has 0 radical (unpaired) electrons. The topological polar surface area (TPSA) is 143 Å². The molecule has 4 rings (SSSR count). The van der Waals surface area contributed by atoms with Gasteiger partial charge in [-0.05, 0) is 54.7 Å². The van der Waals surface area contributed by atoms with Crippen LogP contribution in [0.2, 0.25) is 0 Å². The third-order valence-corrected chi connectivity index (χ3v) is 7.70. The maximum absolute atomic E-state index is 13.1. The zero-order chi connectivity index (χ0) is 25.1. The normalized spacial score (nSPS) is 22.7. The molecule has 182 valence electrons. The Balaban J connectivity index is 1.54. The van der Waals surface area contributed by atoms with Crippen LogP contribution in [-0.4, -0.2) is 51.1 Å². The molecule has 0 bridgehead atoms. The van der Waals surface area contributed by atoms with E-state index >= 15 is 0 Å². The second-order valence-electron chi connectivity index (χ2n) is 8.00. The SMILES string of the molecule is CS(=O)(=O)Nc1cnccc1CC1CC12NC(=O)N(c1ccc(S(=O)(=O)C(F)(F)F)cc1)C2=O. The number of sulfonamides is 1. The number of benzene rings is 1. The molecule has 2 heterocycles. The van der Waals surface area contributed by atoms with Gasteiger partial charge in [-0.3, -0.25) is 14.5 Å². The minimum Gasteiger partial charge on any atom is -0.322 e. The van der Waals surface area contributed by atoms with Crippen molar-refractivity contribution in [1.82, 2.24) is 10.3 Å². The molecule has 1 aliphatic carbocycles. The molecule has 1 aromatic heterocycles. The lowest BCUT2D eigenvalue weighted by Gasteiger charge is -2.15. The Bertz CT molecular complexity index is 1390. The van der Waals surface area contributed by atoms with E-state index in [0.29, 0.717) is 17.7 Å². The van der Waals surface area contributed by atoms with E-state index in [-0.39, 0.29) is 30.1 Å². The lowest BCUT2D eigenvalue weighted by Crippen LogP contribution is -2.35. The van der Waals surface area contributed by atoms with Crippen molar-refractivity contribution in [2.45, 2.75) is 28.8 Å². The van der Waals surface area contributed by atoms with Crippen molar-refractivity contribution >= 4 is 43.2 Å². The van der Waals surface area contributed by atoms with Crippen LogP contribution in [0.5, 0.6) is 0 Å². The van der Waals surface area contributed by atoms with Crippen LogP contribution in [0.3, 0.4) is 0 Å². The summed E-state index contributed by atoms with van der Waals surface area (Å²) in [5.41, 5.74) is -6.03. The van der Waals surface area contributed by atoms with Gasteiger partial charge in [-0.15, -0.1) is 0 Å². The van der Waals surface area contributed by atoms with E-state index in [0.717, 1.165) is 23.3 Å². The van der Waals surface area contributed by atoms with Crippen molar-refractivity contribution in [3.63, 3.8) is 0 Å². The Kier molecular flexibility index (Phi) is 5.39. The Morgan fingerprint density at radius 2 is 1.79 bits per heavy atom. The molecule has 2 fully saturated rings. The number of hydrogen-bond donors (Lipinski definition) is 2. The summed E-state index contributed by atoms with van der Waals surface area (Å²) in [6.07, 6.45) is 4.25. The van der Waals surface area contributed by atoms with E-state index < -0.39 is 47.7 Å². The van der Waals surface area contributed by atoms with Crippen molar-refractivity contribution in [3.8, 4) is 0 Å². The van der Waals surface area contributed by atoms with Gasteiger partial charge in [-0.25, -0.2) is 26.5 Å². The van der Waals surface area contributed by atoms with Crippen LogP contribution in [0.1, 0.15) is 12.0 Å². The number of hydrogen-bond acceptors (Lipinski definition) is 7. The molecule has 2 N–H and O–H groups in total. The molecule has 1 saturated carbocycles. The Morgan fingerprint density at radius 1 is 1.15 bits per heavy atom. The van der Waals surface area contributed by atoms with E-state index in [1.165, 1.54) is 12.4 Å². The number of carbonyl (C=O) groups excluding carboxylic acids is 2. The fraction of sp³-hybridized carbons (Fsp3) is 0.316. The molecule has 34 heavy (non-hydrogen) atoms. The molecule has 2 aromatic rings. The van der Waals surface area contributed by atoms with Gasteiger partial charge in [0.2, 0.25) is 10.0 Å². The fourth-order valence-electron chi connectivity index (χ4n) is 3.88. The summed E-state index contributed by atoms with van der Waals surface area (Å²) < 4.78 is 86.8. The van der Waals surface area contributed by atoms with E-state index in [1.54, 1.807) is 6.07 Å². The van der Waals surface area contributed by atoms with Crippen LogP contribution in [0.25, 0.3) is 0 Å². The Hall–Kier alpha value is -3.20. The molecule has 2 unspecified atom stereocenters. The van der Waals surface area contributed by atoms with Crippen LogP contribution in [0.15, 0.2) is 47.6 Å². The lowest BCUT2D eigenvalue weighted by atomic mass is 10.0. The molecule has 1 aromatic carbocycles. The second kappa shape index (κ2) is 7.66. The van der Waals surface area contributed by atoms with Crippen molar-refractivity contribution in [1.29, 1.82) is 0 Å². The van der Waals surface area contributed by atoms with Gasteiger partial charge >= 0.3 is 11.5 Å². The summed E-state index contributed by atoms with van der Waals surface area (Å²) >= 11 is 0. The molecule has 15 heteroatoms. The molecule has 1 saturated heterocycles. The third-order valence-electron chi connectivity index (χ3n) is 5.61. The highest BCUT2D eigenvalue weighted by Crippen LogP contribution is 2.50. The predicted octanol–water partition coefficient (Wildman–Crippen LogP) is 1.80. The summed E-state index contributed by atoms with van der Waals surface area (Å²) in [4.78, 5) is 29.2. The molecule has 10 nitrogen and oxygen atoms in total. The molecular weight excluding hydrogens is 501 g/mol. The number of pyridine rings is 1. The lowest BCUT2D eigenvalue weighted by molar-refractivity contribution is -0.119. The number of urea groups is 1. The monoisotopic (exact) mass is 518 g/mol. The van der Waals surface area contributed by atoms with E-state index in [4.69, 9.17) is 0 Å². The number of alkyl halides is 3. The molecule has 2 aliphatic rings. The smallest absolute Gasteiger partial charge is 0.322 e. The first-order valence-electron chi connectivity index (χ1n) is 9.64. The van der Waals surface area contributed by atoms with Crippen molar-refractivity contribution < 1.29 is 39.6 Å². The number of nitrogens with zero attached hydrogens (tertiary/aromatic N) is 2. The molecule has 3 amide bonds. The number of anilines is 2. The molecule has 2 atom stereocenters. The summed E-state index contributed by atoms with van der Waals surface area (Å²) in [5.74, 6) is -1.01. The number of rotatable bonds is 6. The summed E-state index contributed by atoms with van der Waals surface area (Å²) in [6.45, 7) is 0. The number of sulfone groups is 1. The van der Waals surface area contributed by atoms with Gasteiger partial charge in [0.1, 0.15) is 5.54 Å². The first-order chi connectivity index (χ1) is 15.7. The highest BCUT2D eigenvalue weighted by atomic mass is 32.2. The second-order valence-corrected chi connectivity index (χ2v) is 11.7. The van der Waals surface area contributed by atoms with Crippen molar-refractivity contribution in [3.05, 3.63) is 48.3 Å². The van der Waals surface area contributed by atoms with E-state index in [1.807, 2.05) is 0 Å². The van der Waals surface area contributed by atoms with Crippen LogP contribution < -0.4 is 14.9 Å². The molecule has 1 spiro atoms. The minimum atomic E-state index is -5.57. The molecular formula is C19H17F3N4O6S2. The van der Waals surface area contributed by atoms with Crippen LogP contribution in [0, 0.1) is 5.92 Å². The van der Waals surface area contributed by atoms with Crippen LogP contribution in [0.4, 0.5) is 29.3 Å². The van der Waals surface area contributed by atoms with E-state index in [9.17, 15) is 39.6 Å². The highest BCUT2D eigenvalue weighted by Gasteiger charge is 2.67. The van der Waals surface area contributed by atoms with Crippen molar-refractivity contribution in [2.24, 2.45) is 5.92 Å². The maximum atomic E-state index is 13.1. The van der Waals surface area contributed by atoms with Gasteiger partial charge in [-0.1, -0.05) is 0 Å².